The lowest BCUT2D eigenvalue weighted by Crippen LogP contribution is -2.45. The normalized spacial score (nSPS) is 16.3. The second-order valence-corrected chi connectivity index (χ2v) is 8.77. The van der Waals surface area contributed by atoms with E-state index >= 15 is 0 Å². The number of piperidine rings is 1. The Morgan fingerprint density at radius 2 is 1.97 bits per heavy atom. The summed E-state index contributed by atoms with van der Waals surface area (Å²) in [5, 5.41) is 9.01. The molecule has 0 bridgehead atoms. The smallest absolute Gasteiger partial charge is 0.191 e. The molecule has 2 heterocycles. The average Bonchev–Trinajstić information content (AvgIpc) is 3.28. The molecule has 1 aliphatic heterocycles. The maximum Gasteiger partial charge on any atom is 0.191 e. The number of guanidine groups is 1. The van der Waals surface area contributed by atoms with Crippen LogP contribution in [0.3, 0.4) is 0 Å². The Morgan fingerprint density at radius 1 is 1.19 bits per heavy atom. The van der Waals surface area contributed by atoms with Gasteiger partial charge in [0, 0.05) is 31.1 Å². The van der Waals surface area contributed by atoms with Crippen LogP contribution in [0.4, 0.5) is 0 Å². The van der Waals surface area contributed by atoms with Crippen molar-refractivity contribution in [1.29, 1.82) is 0 Å². The van der Waals surface area contributed by atoms with E-state index in [1.54, 1.807) is 7.11 Å². The Balaban J connectivity index is 0.00000341. The van der Waals surface area contributed by atoms with Crippen molar-refractivity contribution in [2.45, 2.75) is 32.4 Å². The Labute approximate surface area is 207 Å². The van der Waals surface area contributed by atoms with Crippen molar-refractivity contribution in [3.63, 3.8) is 0 Å². The Hall–Kier alpha value is -1.52. The molecule has 0 radical (unpaired) electrons. The van der Waals surface area contributed by atoms with Crippen molar-refractivity contribution >= 4 is 41.3 Å². The molecule has 1 aromatic heterocycles. The molecule has 1 fully saturated rings. The summed E-state index contributed by atoms with van der Waals surface area (Å²) < 4.78 is 11.2. The van der Waals surface area contributed by atoms with Crippen molar-refractivity contribution in [3.8, 4) is 11.5 Å². The molecule has 6 nitrogen and oxygen atoms in total. The van der Waals surface area contributed by atoms with E-state index < -0.39 is 0 Å². The molecule has 1 aromatic carbocycles. The largest absolute Gasteiger partial charge is 0.497 e. The van der Waals surface area contributed by atoms with Crippen molar-refractivity contribution in [2.24, 2.45) is 10.9 Å². The van der Waals surface area contributed by atoms with Crippen LogP contribution in [0.25, 0.3) is 0 Å². The number of methoxy groups -OCH3 is 1. The summed E-state index contributed by atoms with van der Waals surface area (Å²) in [5.74, 6) is 3.12. The van der Waals surface area contributed by atoms with Gasteiger partial charge in [-0.1, -0.05) is 12.1 Å². The Morgan fingerprint density at radius 3 is 2.65 bits per heavy atom. The number of nitrogens with zero attached hydrogens (tertiary/aromatic N) is 2. The third kappa shape index (κ3) is 8.86. The first kappa shape index (κ1) is 25.7. The number of likely N-dealkylation sites (tertiary alicyclic amines) is 1. The number of halogens is 1. The molecule has 0 spiro atoms. The first-order valence-corrected chi connectivity index (χ1v) is 11.5. The molecule has 0 amide bonds. The number of hydrogen-bond donors (Lipinski definition) is 2. The van der Waals surface area contributed by atoms with Gasteiger partial charge in [0.15, 0.2) is 5.96 Å². The SMILES string of the molecule is CN=C(NCC1CCN(Cc2cccs2)CC1)NCC(C)Oc1cccc(OC)c1.I. The summed E-state index contributed by atoms with van der Waals surface area (Å²) in [7, 11) is 3.47. The minimum atomic E-state index is 0. The van der Waals surface area contributed by atoms with Crippen LogP contribution >= 0.6 is 35.3 Å². The second-order valence-electron chi connectivity index (χ2n) is 7.74. The van der Waals surface area contributed by atoms with Crippen LogP contribution in [-0.2, 0) is 6.54 Å². The van der Waals surface area contributed by atoms with E-state index in [0.717, 1.165) is 30.5 Å². The monoisotopic (exact) mass is 558 g/mol. The zero-order valence-corrected chi connectivity index (χ0v) is 21.8. The van der Waals surface area contributed by atoms with E-state index in [9.17, 15) is 0 Å². The van der Waals surface area contributed by atoms with Gasteiger partial charge < -0.3 is 20.1 Å². The second kappa shape index (κ2) is 13.8. The number of aliphatic imine (C=N–C) groups is 1. The molecule has 0 aliphatic carbocycles. The quantitative estimate of drug-likeness (QED) is 0.274. The van der Waals surface area contributed by atoms with Crippen LogP contribution in [0.15, 0.2) is 46.8 Å². The standard InChI is InChI=1S/C23H34N4O2S.HI/c1-18(29-21-7-4-6-20(14-21)28-3)15-25-23(24-2)26-16-19-9-11-27(12-10-19)17-22-8-5-13-30-22;/h4-8,13-14,18-19H,9-12,15-17H2,1-3H3,(H2,24,25,26);1H. The first-order chi connectivity index (χ1) is 14.7. The van der Waals surface area contributed by atoms with Gasteiger partial charge in [-0.2, -0.15) is 0 Å². The van der Waals surface area contributed by atoms with Crippen molar-refractivity contribution in [3.05, 3.63) is 46.7 Å². The topological polar surface area (TPSA) is 58.1 Å². The number of hydrogen-bond acceptors (Lipinski definition) is 5. The number of nitrogens with one attached hydrogen (secondary N) is 2. The van der Waals surface area contributed by atoms with Crippen LogP contribution < -0.4 is 20.1 Å². The predicted molar refractivity (Wildman–Crippen MR) is 140 cm³/mol. The minimum Gasteiger partial charge on any atom is -0.497 e. The molecule has 2 aromatic rings. The van der Waals surface area contributed by atoms with Crippen molar-refractivity contribution in [2.75, 3.05) is 40.3 Å². The van der Waals surface area contributed by atoms with Gasteiger partial charge >= 0.3 is 0 Å². The summed E-state index contributed by atoms with van der Waals surface area (Å²) in [4.78, 5) is 8.38. The lowest BCUT2D eigenvalue weighted by atomic mass is 9.97. The van der Waals surface area contributed by atoms with Gasteiger partial charge in [0.05, 0.1) is 13.7 Å². The molecule has 172 valence electrons. The van der Waals surface area contributed by atoms with Crippen LogP contribution in [0.2, 0.25) is 0 Å². The van der Waals surface area contributed by atoms with E-state index in [0.29, 0.717) is 12.5 Å². The maximum absolute atomic E-state index is 5.97. The van der Waals surface area contributed by atoms with Crippen LogP contribution in [0.5, 0.6) is 11.5 Å². The van der Waals surface area contributed by atoms with E-state index in [2.05, 4.69) is 38.0 Å². The van der Waals surface area contributed by atoms with Gasteiger partial charge in [0.2, 0.25) is 0 Å². The average molecular weight is 559 g/mol. The third-order valence-corrected chi connectivity index (χ3v) is 6.25. The summed E-state index contributed by atoms with van der Waals surface area (Å²) in [5.41, 5.74) is 0. The van der Waals surface area contributed by atoms with Gasteiger partial charge in [-0.15, -0.1) is 35.3 Å². The van der Waals surface area contributed by atoms with E-state index in [1.807, 2.05) is 49.6 Å². The van der Waals surface area contributed by atoms with Crippen LogP contribution in [0, 0.1) is 5.92 Å². The van der Waals surface area contributed by atoms with Gasteiger partial charge in [-0.05, 0) is 62.4 Å². The van der Waals surface area contributed by atoms with Gasteiger partial charge in [-0.3, -0.25) is 9.89 Å². The number of rotatable bonds is 9. The first-order valence-electron chi connectivity index (χ1n) is 10.7. The van der Waals surface area contributed by atoms with Gasteiger partial charge in [0.1, 0.15) is 17.6 Å². The molecule has 1 saturated heterocycles. The summed E-state index contributed by atoms with van der Waals surface area (Å²) in [6.07, 6.45) is 2.46. The highest BCUT2D eigenvalue weighted by Gasteiger charge is 2.19. The fourth-order valence-corrected chi connectivity index (χ4v) is 4.37. The van der Waals surface area contributed by atoms with E-state index in [-0.39, 0.29) is 30.1 Å². The molecule has 31 heavy (non-hydrogen) atoms. The van der Waals surface area contributed by atoms with Gasteiger partial charge in [0.25, 0.3) is 0 Å². The zero-order valence-electron chi connectivity index (χ0n) is 18.7. The third-order valence-electron chi connectivity index (χ3n) is 5.38. The molecule has 8 heteroatoms. The van der Waals surface area contributed by atoms with E-state index in [1.165, 1.54) is 30.8 Å². The highest BCUT2D eigenvalue weighted by Crippen LogP contribution is 2.21. The summed E-state index contributed by atoms with van der Waals surface area (Å²) >= 11 is 1.85. The number of benzene rings is 1. The predicted octanol–water partition coefficient (Wildman–Crippen LogP) is 4.22. The fourth-order valence-electron chi connectivity index (χ4n) is 3.62. The molecule has 2 N–H and O–H groups in total. The van der Waals surface area contributed by atoms with Crippen molar-refractivity contribution < 1.29 is 9.47 Å². The molecule has 1 unspecified atom stereocenters. The summed E-state index contributed by atoms with van der Waals surface area (Å²) in [6, 6.07) is 12.0. The molecule has 3 rings (SSSR count). The Kier molecular flexibility index (Phi) is 11.5. The molecular formula is C23H35IN4O2S. The molecule has 0 saturated carbocycles. The molecule has 1 atom stereocenters. The molecular weight excluding hydrogens is 523 g/mol. The van der Waals surface area contributed by atoms with Crippen molar-refractivity contribution in [1.82, 2.24) is 15.5 Å². The lowest BCUT2D eigenvalue weighted by Gasteiger charge is -2.32. The van der Waals surface area contributed by atoms with E-state index in [4.69, 9.17) is 9.47 Å². The van der Waals surface area contributed by atoms with Gasteiger partial charge in [-0.25, -0.2) is 0 Å². The highest BCUT2D eigenvalue weighted by atomic mass is 127. The lowest BCUT2D eigenvalue weighted by molar-refractivity contribution is 0.179. The van der Waals surface area contributed by atoms with Crippen LogP contribution in [0.1, 0.15) is 24.6 Å². The maximum atomic E-state index is 5.97. The Bertz CT molecular complexity index is 780. The number of thiophene rings is 1. The highest BCUT2D eigenvalue weighted by molar-refractivity contribution is 14.0. The minimum absolute atomic E-state index is 0. The fraction of sp³-hybridized carbons (Fsp3) is 0.522. The number of ether oxygens (including phenoxy) is 2. The molecule has 1 aliphatic rings. The summed E-state index contributed by atoms with van der Waals surface area (Å²) in [6.45, 7) is 7.10. The zero-order chi connectivity index (χ0) is 21.2. The van der Waals surface area contributed by atoms with Crippen LogP contribution in [-0.4, -0.2) is 57.3 Å².